The summed E-state index contributed by atoms with van der Waals surface area (Å²) in [5.41, 5.74) is 0.111. The number of halogens is 4. The predicted molar refractivity (Wildman–Crippen MR) is 174 cm³/mol. The second-order valence-electron chi connectivity index (χ2n) is 11.8. The Labute approximate surface area is 272 Å². The zero-order valence-corrected chi connectivity index (χ0v) is 27.6. The van der Waals surface area contributed by atoms with Crippen molar-refractivity contribution in [3.05, 3.63) is 45.9 Å². The number of nitrogens with one attached hydrogen (secondary N) is 1. The van der Waals surface area contributed by atoms with Crippen molar-refractivity contribution in [1.29, 1.82) is 0 Å². The minimum Gasteiger partial charge on any atom is -0.495 e. The van der Waals surface area contributed by atoms with Crippen LogP contribution in [-0.2, 0) is 9.53 Å². The standard InChI is InChI=1S/C32H40Cl2F2N6O3/c1-19(2)42(31(43)27-7-5-10-40(27)11-6-14-44-3)21-8-12-41(13-9-21)32-37-26-18-28(45-4)23(34)17-22(26)30(39-32)38-29-24(35)15-20(33)16-25(29)36/h15-19,21,27H,5-14H2,1-4H3,(H,37,38,39). The van der Waals surface area contributed by atoms with Crippen LogP contribution in [0.15, 0.2) is 24.3 Å². The van der Waals surface area contributed by atoms with Crippen LogP contribution in [0.3, 0.4) is 0 Å². The van der Waals surface area contributed by atoms with E-state index in [0.717, 1.165) is 57.3 Å². The Balaban J connectivity index is 1.38. The summed E-state index contributed by atoms with van der Waals surface area (Å²) >= 11 is 12.3. The number of fused-ring (bicyclic) bond motifs is 1. The number of hydrogen-bond donors (Lipinski definition) is 1. The molecule has 45 heavy (non-hydrogen) atoms. The summed E-state index contributed by atoms with van der Waals surface area (Å²) in [4.78, 5) is 29.8. The fraction of sp³-hybridized carbons (Fsp3) is 0.531. The fourth-order valence-electron chi connectivity index (χ4n) is 6.45. The second kappa shape index (κ2) is 14.6. The van der Waals surface area contributed by atoms with Crippen molar-refractivity contribution in [3.63, 3.8) is 0 Å². The summed E-state index contributed by atoms with van der Waals surface area (Å²) < 4.78 is 40.2. The Morgan fingerprint density at radius 2 is 1.78 bits per heavy atom. The van der Waals surface area contributed by atoms with E-state index in [1.54, 1.807) is 19.2 Å². The molecule has 0 radical (unpaired) electrons. The molecule has 1 unspecified atom stereocenters. The molecule has 0 bridgehead atoms. The van der Waals surface area contributed by atoms with Gasteiger partial charge in [-0.3, -0.25) is 9.69 Å². The second-order valence-corrected chi connectivity index (χ2v) is 12.7. The first-order valence-electron chi connectivity index (χ1n) is 15.4. The lowest BCUT2D eigenvalue weighted by molar-refractivity contribution is -0.141. The van der Waals surface area contributed by atoms with Crippen LogP contribution in [0.25, 0.3) is 10.9 Å². The van der Waals surface area contributed by atoms with Gasteiger partial charge in [0.2, 0.25) is 11.9 Å². The van der Waals surface area contributed by atoms with Gasteiger partial charge in [0.25, 0.3) is 0 Å². The third-order valence-corrected chi connectivity index (χ3v) is 9.12. The zero-order valence-electron chi connectivity index (χ0n) is 26.1. The first-order valence-corrected chi connectivity index (χ1v) is 16.1. The number of carbonyl (C=O) groups excluding carboxylic acids is 1. The molecule has 1 N–H and O–H groups in total. The molecular weight excluding hydrogens is 625 g/mol. The van der Waals surface area contributed by atoms with E-state index in [4.69, 9.17) is 42.6 Å². The van der Waals surface area contributed by atoms with Crippen molar-refractivity contribution >= 4 is 57.5 Å². The van der Waals surface area contributed by atoms with Crippen molar-refractivity contribution in [2.24, 2.45) is 0 Å². The third-order valence-electron chi connectivity index (χ3n) is 8.60. The average molecular weight is 666 g/mol. The van der Waals surface area contributed by atoms with Crippen LogP contribution in [0, 0.1) is 11.6 Å². The number of ether oxygens (including phenoxy) is 2. The minimum absolute atomic E-state index is 0.0555. The first-order chi connectivity index (χ1) is 21.6. The quantitative estimate of drug-likeness (QED) is 0.228. The van der Waals surface area contributed by atoms with Crippen LogP contribution < -0.4 is 15.0 Å². The number of rotatable bonds is 11. The number of hydrogen-bond acceptors (Lipinski definition) is 8. The summed E-state index contributed by atoms with van der Waals surface area (Å²) in [6.45, 7) is 7.82. The molecule has 2 saturated heterocycles. The van der Waals surface area contributed by atoms with Crippen molar-refractivity contribution in [2.45, 2.75) is 64.1 Å². The maximum Gasteiger partial charge on any atom is 0.240 e. The summed E-state index contributed by atoms with van der Waals surface area (Å²) in [5.74, 6) is -0.515. The highest BCUT2D eigenvalue weighted by Gasteiger charge is 2.38. The average Bonchev–Trinajstić information content (AvgIpc) is 3.47. The number of piperidine rings is 1. The fourth-order valence-corrected chi connectivity index (χ4v) is 6.88. The molecule has 0 aliphatic carbocycles. The molecule has 9 nitrogen and oxygen atoms in total. The number of likely N-dealkylation sites (tertiary alicyclic amines) is 1. The van der Waals surface area contributed by atoms with Gasteiger partial charge in [-0.1, -0.05) is 23.2 Å². The Bertz CT molecular complexity index is 1500. The van der Waals surface area contributed by atoms with Gasteiger partial charge in [-0.05, 0) is 70.7 Å². The van der Waals surface area contributed by atoms with E-state index in [9.17, 15) is 13.6 Å². The molecular formula is C32H40Cl2F2N6O3. The van der Waals surface area contributed by atoms with Gasteiger partial charge in [0.15, 0.2) is 11.6 Å². The van der Waals surface area contributed by atoms with Crippen LogP contribution >= 0.6 is 23.2 Å². The van der Waals surface area contributed by atoms with E-state index in [1.165, 1.54) is 7.11 Å². The van der Waals surface area contributed by atoms with Gasteiger partial charge in [-0.2, -0.15) is 4.98 Å². The molecule has 13 heteroatoms. The lowest BCUT2D eigenvalue weighted by atomic mass is 10.00. The molecule has 5 rings (SSSR count). The first kappa shape index (κ1) is 33.4. The van der Waals surface area contributed by atoms with Crippen LogP contribution in [0.1, 0.15) is 46.0 Å². The smallest absolute Gasteiger partial charge is 0.240 e. The number of nitrogens with zero attached hydrogens (tertiary/aromatic N) is 5. The van der Waals surface area contributed by atoms with Gasteiger partial charge < -0.3 is 24.6 Å². The summed E-state index contributed by atoms with van der Waals surface area (Å²) in [6, 6.07) is 5.38. The number of carbonyl (C=O) groups is 1. The number of aromatic nitrogens is 2. The van der Waals surface area contributed by atoms with Crippen molar-refractivity contribution in [1.82, 2.24) is 19.8 Å². The van der Waals surface area contributed by atoms with Crippen molar-refractivity contribution in [2.75, 3.05) is 57.2 Å². The molecule has 0 saturated carbocycles. The van der Waals surface area contributed by atoms with E-state index < -0.39 is 11.6 Å². The van der Waals surface area contributed by atoms with Crippen LogP contribution in [0.5, 0.6) is 5.75 Å². The summed E-state index contributed by atoms with van der Waals surface area (Å²) in [7, 11) is 3.20. The van der Waals surface area contributed by atoms with Gasteiger partial charge in [0.05, 0.1) is 23.7 Å². The van der Waals surface area contributed by atoms with E-state index in [2.05, 4.69) is 29.0 Å². The van der Waals surface area contributed by atoms with Gasteiger partial charge in [-0.25, -0.2) is 13.8 Å². The third kappa shape index (κ3) is 7.37. The van der Waals surface area contributed by atoms with Crippen molar-refractivity contribution in [3.8, 4) is 5.75 Å². The maximum absolute atomic E-state index is 14.8. The molecule has 244 valence electrons. The predicted octanol–water partition coefficient (Wildman–Crippen LogP) is 6.67. The van der Waals surface area contributed by atoms with E-state index in [-0.39, 0.29) is 40.6 Å². The van der Waals surface area contributed by atoms with Gasteiger partial charge in [0.1, 0.15) is 17.3 Å². The Morgan fingerprint density at radius 1 is 1.07 bits per heavy atom. The molecule has 3 heterocycles. The summed E-state index contributed by atoms with van der Waals surface area (Å²) in [6.07, 6.45) is 4.25. The Kier molecular flexibility index (Phi) is 10.8. The largest absolute Gasteiger partial charge is 0.495 e. The molecule has 1 amide bonds. The number of anilines is 3. The Hall–Kier alpha value is -2.99. The van der Waals surface area contributed by atoms with Crippen LogP contribution in [0.4, 0.5) is 26.2 Å². The molecule has 1 atom stereocenters. The lowest BCUT2D eigenvalue weighted by Crippen LogP contribution is -2.55. The Morgan fingerprint density at radius 3 is 2.42 bits per heavy atom. The van der Waals surface area contributed by atoms with Crippen LogP contribution in [0.2, 0.25) is 10.0 Å². The maximum atomic E-state index is 14.8. The number of benzene rings is 2. The summed E-state index contributed by atoms with van der Waals surface area (Å²) in [5, 5.41) is 3.53. The van der Waals surface area contributed by atoms with E-state index in [1.807, 2.05) is 4.90 Å². The van der Waals surface area contributed by atoms with Crippen LogP contribution in [-0.4, -0.2) is 90.8 Å². The molecule has 2 aliphatic heterocycles. The van der Waals surface area contributed by atoms with Gasteiger partial charge in [0, 0.05) is 61.9 Å². The minimum atomic E-state index is -0.855. The monoisotopic (exact) mass is 664 g/mol. The molecule has 2 aliphatic rings. The molecule has 2 fully saturated rings. The lowest BCUT2D eigenvalue weighted by Gasteiger charge is -2.42. The van der Waals surface area contributed by atoms with Crippen molar-refractivity contribution < 1.29 is 23.0 Å². The molecule has 2 aromatic carbocycles. The molecule has 3 aromatic rings. The zero-order chi connectivity index (χ0) is 32.2. The number of amides is 1. The molecule has 1 aromatic heterocycles. The topological polar surface area (TPSA) is 83.1 Å². The van der Waals surface area contributed by atoms with E-state index in [0.29, 0.717) is 47.3 Å². The number of methoxy groups -OCH3 is 2. The molecule has 0 spiro atoms. The highest BCUT2D eigenvalue weighted by atomic mass is 35.5. The normalized spacial score (nSPS) is 17.8. The highest BCUT2D eigenvalue weighted by Crippen LogP contribution is 2.36. The highest BCUT2D eigenvalue weighted by molar-refractivity contribution is 6.33. The SMILES string of the molecule is COCCCN1CCCC1C(=O)N(C(C)C)C1CCN(c2nc(Nc3c(F)cc(Cl)cc3F)c3cc(Cl)c(OC)cc3n2)CC1. The van der Waals surface area contributed by atoms with Gasteiger partial charge >= 0.3 is 0 Å². The van der Waals surface area contributed by atoms with E-state index >= 15 is 0 Å². The van der Waals surface area contributed by atoms with Gasteiger partial charge in [-0.15, -0.1) is 0 Å².